The Bertz CT molecular complexity index is 3.25. The van der Waals surface area contributed by atoms with E-state index in [1.54, 1.807) is 0 Å². The molecule has 0 N–H and O–H groups in total. The second-order valence-electron chi connectivity index (χ2n) is 0. The molecule has 0 fully saturated rings. The molecule has 0 rings (SSSR count). The summed E-state index contributed by atoms with van der Waals surface area (Å²) in [5.74, 6) is 0. The predicted molar refractivity (Wildman–Crippen MR) is 56.2 cm³/mol. The Balaban J connectivity index is 0. The summed E-state index contributed by atoms with van der Waals surface area (Å²) in [5, 5.41) is 0. The van der Waals surface area contributed by atoms with Crippen molar-refractivity contribution in [3.8, 4) is 0 Å². The molecule has 0 aromatic rings. The monoisotopic (exact) mass is 508 g/mol. The number of hydrogen-bond acceptors (Lipinski definition) is 0. The van der Waals surface area contributed by atoms with Gasteiger partial charge < -0.3 is 0 Å². The average Bonchev–Trinajstić information content (AvgIpc) is 0. The van der Waals surface area contributed by atoms with Gasteiger partial charge in [-0.3, -0.25) is 0 Å². The fourth-order valence-corrected chi connectivity index (χ4v) is 0. The minimum absolute atomic E-state index is 0. The van der Waals surface area contributed by atoms with Gasteiger partial charge in [0, 0.05) is 0 Å². The van der Waals surface area contributed by atoms with Gasteiger partial charge in [0.2, 0.25) is 0 Å². The fourth-order valence-electron chi connectivity index (χ4n) is 0. The molecule has 0 saturated carbocycles. The Kier molecular flexibility index (Phi) is 116. The van der Waals surface area contributed by atoms with Gasteiger partial charge in [-0.25, -0.2) is 0 Å². The van der Waals surface area contributed by atoms with Gasteiger partial charge in [-0.2, -0.15) is 0 Å². The van der Waals surface area contributed by atoms with E-state index >= 15 is 0 Å². The molecule has 0 aliphatic heterocycles. The third kappa shape index (κ3) is 8.89. The third-order valence-electron chi connectivity index (χ3n) is 0. The van der Waals surface area contributed by atoms with Crippen LogP contribution >= 0.6 is 71.9 Å². The van der Waals surface area contributed by atoms with Crippen LogP contribution in [-0.2, 0) is 0 Å². The van der Waals surface area contributed by atoms with Crippen LogP contribution in [0.1, 0.15) is 0 Å². The standard InChI is InChI=1S/3HI.Sb.3H/h3*1H;;;;. The van der Waals surface area contributed by atoms with E-state index in [-0.39, 0.29) is 96.4 Å². The molecule has 0 aromatic heterocycles. The Morgan fingerprint density at radius 2 is 0.500 bits per heavy atom. The summed E-state index contributed by atoms with van der Waals surface area (Å²) in [6, 6.07) is 0. The molecule has 0 bridgehead atoms. The summed E-state index contributed by atoms with van der Waals surface area (Å²) in [7, 11) is 0. The van der Waals surface area contributed by atoms with Crippen molar-refractivity contribution in [3.05, 3.63) is 0 Å². The first-order chi connectivity index (χ1) is 0. The van der Waals surface area contributed by atoms with Crippen LogP contribution in [0.15, 0.2) is 0 Å². The van der Waals surface area contributed by atoms with Crippen molar-refractivity contribution < 1.29 is 0 Å². The summed E-state index contributed by atoms with van der Waals surface area (Å²) >= 11 is 0. The van der Waals surface area contributed by atoms with E-state index in [0.29, 0.717) is 0 Å². The second-order valence-corrected chi connectivity index (χ2v) is 0. The zero-order chi connectivity index (χ0) is 0. The molecular weight excluding hydrogens is 502 g/mol. The summed E-state index contributed by atoms with van der Waals surface area (Å²) in [5.41, 5.74) is 0. The Morgan fingerprint density at radius 3 is 0.500 bits per heavy atom. The number of rotatable bonds is 0. The van der Waals surface area contributed by atoms with Crippen molar-refractivity contribution in [2.45, 2.75) is 0 Å². The summed E-state index contributed by atoms with van der Waals surface area (Å²) in [6.45, 7) is 0. The molecule has 4 heavy (non-hydrogen) atoms. The van der Waals surface area contributed by atoms with Gasteiger partial charge in [-0.15, -0.1) is 71.9 Å². The third-order valence-corrected chi connectivity index (χ3v) is 0. The molecule has 0 aliphatic rings. The van der Waals surface area contributed by atoms with Gasteiger partial charge in [0.1, 0.15) is 0 Å². The van der Waals surface area contributed by atoms with Crippen LogP contribution in [-0.4, -0.2) is 24.4 Å². The molecule has 0 heterocycles. The SMILES string of the molecule is I.I.I.[SbH3]. The van der Waals surface area contributed by atoms with Crippen molar-refractivity contribution in [2.24, 2.45) is 0 Å². The van der Waals surface area contributed by atoms with Crippen molar-refractivity contribution in [1.82, 2.24) is 0 Å². The van der Waals surface area contributed by atoms with Gasteiger partial charge in [-0.1, -0.05) is 0 Å². The van der Waals surface area contributed by atoms with Crippen LogP contribution < -0.4 is 0 Å². The number of halogens is 3. The van der Waals surface area contributed by atoms with Gasteiger partial charge in [0.15, 0.2) is 0 Å². The van der Waals surface area contributed by atoms with Crippen molar-refractivity contribution in [1.29, 1.82) is 0 Å². The topological polar surface area (TPSA) is 0 Å². The van der Waals surface area contributed by atoms with Crippen LogP contribution in [0.3, 0.4) is 0 Å². The van der Waals surface area contributed by atoms with E-state index in [1.807, 2.05) is 0 Å². The average molecular weight is 509 g/mol. The zero-order valence-corrected chi connectivity index (χ0v) is 13.0. The summed E-state index contributed by atoms with van der Waals surface area (Å²) in [6.07, 6.45) is 0. The summed E-state index contributed by atoms with van der Waals surface area (Å²) in [4.78, 5) is 0. The second kappa shape index (κ2) is 16.7. The first-order valence-corrected chi connectivity index (χ1v) is 0. The predicted octanol–water partition coefficient (Wildman–Crippen LogP) is 0.670. The van der Waals surface area contributed by atoms with Crippen molar-refractivity contribution in [2.75, 3.05) is 0 Å². The van der Waals surface area contributed by atoms with E-state index in [2.05, 4.69) is 0 Å². The maximum absolute atomic E-state index is 0. The van der Waals surface area contributed by atoms with E-state index in [0.717, 1.165) is 0 Å². The molecule has 4 heteroatoms. The molecule has 0 nitrogen and oxygen atoms in total. The van der Waals surface area contributed by atoms with Crippen LogP contribution in [0.2, 0.25) is 0 Å². The van der Waals surface area contributed by atoms with Crippen LogP contribution in [0, 0.1) is 0 Å². The van der Waals surface area contributed by atoms with Gasteiger partial charge in [0.25, 0.3) is 0 Å². The molecule has 0 amide bonds. The first kappa shape index (κ1) is 28.0. The summed E-state index contributed by atoms with van der Waals surface area (Å²) < 4.78 is 0. The minimum atomic E-state index is 0. The Morgan fingerprint density at radius 1 is 0.500 bits per heavy atom. The molecule has 0 aliphatic carbocycles. The van der Waals surface area contributed by atoms with E-state index in [1.165, 1.54) is 0 Å². The molecule has 0 aromatic carbocycles. The van der Waals surface area contributed by atoms with Crippen molar-refractivity contribution in [3.63, 3.8) is 0 Å². The molecule has 0 radical (unpaired) electrons. The van der Waals surface area contributed by atoms with Crippen LogP contribution in [0.4, 0.5) is 0 Å². The zero-order valence-electron chi connectivity index (χ0n) is 1.93. The first-order valence-electron chi connectivity index (χ1n) is 0. The molecular formula is H6I3Sb. The van der Waals surface area contributed by atoms with Gasteiger partial charge in [-0.05, 0) is 0 Å². The van der Waals surface area contributed by atoms with Gasteiger partial charge >= 0.3 is 24.4 Å². The molecule has 32 valence electrons. The fraction of sp³-hybridized carbons (Fsp3) is 0. The Hall–Kier alpha value is 3.01. The quantitative estimate of drug-likeness (QED) is 0.334. The van der Waals surface area contributed by atoms with Crippen LogP contribution in [0.5, 0.6) is 0 Å². The van der Waals surface area contributed by atoms with Crippen molar-refractivity contribution >= 4 is 96.4 Å². The number of hydrogen-bond donors (Lipinski definition) is 0. The van der Waals surface area contributed by atoms with E-state index < -0.39 is 0 Å². The molecule has 0 atom stereocenters. The Labute approximate surface area is 94.4 Å². The van der Waals surface area contributed by atoms with E-state index in [9.17, 15) is 0 Å². The normalized spacial score (nSPS) is 0. The van der Waals surface area contributed by atoms with E-state index in [4.69, 9.17) is 0 Å². The maximum atomic E-state index is 0. The molecule has 0 unspecified atom stereocenters. The van der Waals surface area contributed by atoms with Crippen LogP contribution in [0.25, 0.3) is 0 Å². The molecule has 0 saturated heterocycles. The molecule has 0 spiro atoms. The van der Waals surface area contributed by atoms with Gasteiger partial charge in [0.05, 0.1) is 0 Å².